The van der Waals surface area contributed by atoms with E-state index in [0.29, 0.717) is 24.3 Å². The molecule has 0 amide bonds. The molecule has 0 bridgehead atoms. The number of nitrogens with zero attached hydrogens (tertiary/aromatic N) is 6. The molecule has 0 radical (unpaired) electrons. The third-order valence-corrected chi connectivity index (χ3v) is 8.50. The predicted octanol–water partition coefficient (Wildman–Crippen LogP) is 3.15. The molecular weight excluding hydrogens is 528 g/mol. The molecule has 11 nitrogen and oxygen atoms in total. The lowest BCUT2D eigenvalue weighted by Crippen LogP contribution is -2.38. The molecule has 3 atom stereocenters. The van der Waals surface area contributed by atoms with Crippen molar-refractivity contribution in [3.8, 4) is 0 Å². The van der Waals surface area contributed by atoms with Crippen LogP contribution >= 0.6 is 0 Å². The average molecular weight is 571 g/mol. The number of hydrogen-bond acceptors (Lipinski definition) is 10. The number of aliphatic imine (C=N–C) groups is 2. The Morgan fingerprint density at radius 2 is 1.64 bits per heavy atom. The third kappa shape index (κ3) is 6.19. The average Bonchev–Trinajstić information content (AvgIpc) is 3.77. The molecule has 42 heavy (non-hydrogen) atoms. The van der Waals surface area contributed by atoms with Crippen LogP contribution in [0.15, 0.2) is 82.5 Å². The highest BCUT2D eigenvalue weighted by Crippen LogP contribution is 2.28. The van der Waals surface area contributed by atoms with E-state index < -0.39 is 0 Å². The van der Waals surface area contributed by atoms with Crippen molar-refractivity contribution < 1.29 is 5.11 Å². The maximum atomic E-state index is 10.4. The fourth-order valence-corrected chi connectivity index (χ4v) is 6.12. The van der Waals surface area contributed by atoms with Crippen molar-refractivity contribution in [2.75, 3.05) is 67.4 Å². The monoisotopic (exact) mass is 570 g/mol. The number of hydrogen-bond donors (Lipinski definition) is 5. The van der Waals surface area contributed by atoms with Gasteiger partial charge in [0.2, 0.25) is 0 Å². The van der Waals surface area contributed by atoms with Crippen LogP contribution in [0.4, 0.5) is 22.7 Å². The zero-order chi connectivity index (χ0) is 29.1. The van der Waals surface area contributed by atoms with Crippen molar-refractivity contribution in [3.63, 3.8) is 0 Å². The first kappa shape index (κ1) is 27.6. The molecule has 4 aliphatic rings. The van der Waals surface area contributed by atoms with E-state index in [4.69, 9.17) is 5.73 Å². The quantitative estimate of drug-likeness (QED) is 0.241. The zero-order valence-electron chi connectivity index (χ0n) is 24.4. The van der Waals surface area contributed by atoms with E-state index in [2.05, 4.69) is 114 Å². The lowest BCUT2D eigenvalue weighted by Gasteiger charge is -2.27. The van der Waals surface area contributed by atoms with Gasteiger partial charge in [-0.25, -0.2) is 4.99 Å². The SMILES string of the molecule is CN=CNC1CCN(c2ccc(NC3=NC(N)=C(O)CC3Nc3ccc(N4CCC(N5C=CN(C)C5)C4)cc3)cc2)C1. The molecule has 0 aromatic heterocycles. The van der Waals surface area contributed by atoms with Crippen LogP contribution in [0.2, 0.25) is 0 Å². The van der Waals surface area contributed by atoms with E-state index in [0.717, 1.165) is 57.1 Å². The van der Waals surface area contributed by atoms with Gasteiger partial charge in [-0.3, -0.25) is 4.99 Å². The number of amidine groups is 1. The largest absolute Gasteiger partial charge is 0.508 e. The van der Waals surface area contributed by atoms with E-state index in [-0.39, 0.29) is 17.6 Å². The molecule has 0 aliphatic carbocycles. The minimum Gasteiger partial charge on any atom is -0.508 e. The number of nitrogens with one attached hydrogen (secondary N) is 3. The van der Waals surface area contributed by atoms with Crippen LogP contribution in [0, 0.1) is 0 Å². The topological polar surface area (TPSA) is 120 Å². The molecule has 4 aliphatic heterocycles. The lowest BCUT2D eigenvalue weighted by molar-refractivity contribution is 0.243. The summed E-state index contributed by atoms with van der Waals surface area (Å²) in [6.07, 6.45) is 8.71. The molecule has 0 saturated carbocycles. The molecule has 3 unspecified atom stereocenters. The summed E-state index contributed by atoms with van der Waals surface area (Å²) in [5, 5.41) is 20.7. The second kappa shape index (κ2) is 12.1. The first-order valence-corrected chi connectivity index (χ1v) is 14.8. The van der Waals surface area contributed by atoms with Crippen molar-refractivity contribution in [2.24, 2.45) is 15.7 Å². The Kier molecular flexibility index (Phi) is 7.98. The Bertz CT molecular complexity index is 1350. The summed E-state index contributed by atoms with van der Waals surface area (Å²) in [6, 6.07) is 17.6. The molecule has 2 aromatic carbocycles. The molecule has 2 aromatic rings. The van der Waals surface area contributed by atoms with Gasteiger partial charge in [0, 0.05) is 93.9 Å². The van der Waals surface area contributed by atoms with Crippen LogP contribution in [0.5, 0.6) is 0 Å². The summed E-state index contributed by atoms with van der Waals surface area (Å²) in [7, 11) is 3.89. The molecular formula is C31H42N10O. The van der Waals surface area contributed by atoms with Crippen LogP contribution in [-0.2, 0) is 0 Å². The minimum atomic E-state index is -0.247. The summed E-state index contributed by atoms with van der Waals surface area (Å²) in [6.45, 7) is 4.99. The highest BCUT2D eigenvalue weighted by molar-refractivity contribution is 6.02. The Morgan fingerprint density at radius 1 is 0.952 bits per heavy atom. The molecule has 11 heteroatoms. The van der Waals surface area contributed by atoms with Crippen LogP contribution in [-0.4, -0.2) is 92.1 Å². The van der Waals surface area contributed by atoms with Crippen LogP contribution in [0.1, 0.15) is 19.3 Å². The molecule has 6 rings (SSSR count). The van der Waals surface area contributed by atoms with Gasteiger partial charge < -0.3 is 46.4 Å². The van der Waals surface area contributed by atoms with E-state index in [1.165, 1.54) is 11.4 Å². The minimum absolute atomic E-state index is 0.0973. The Balaban J connectivity index is 1.07. The van der Waals surface area contributed by atoms with E-state index >= 15 is 0 Å². The number of benzene rings is 2. The van der Waals surface area contributed by atoms with Gasteiger partial charge in [-0.15, -0.1) is 0 Å². The molecule has 0 spiro atoms. The van der Waals surface area contributed by atoms with Crippen LogP contribution < -0.4 is 31.5 Å². The summed E-state index contributed by atoms with van der Waals surface area (Å²) in [5.41, 5.74) is 10.3. The van der Waals surface area contributed by atoms with Gasteiger partial charge in [0.15, 0.2) is 5.82 Å². The third-order valence-electron chi connectivity index (χ3n) is 8.50. The maximum Gasteiger partial charge on any atom is 0.163 e. The van der Waals surface area contributed by atoms with Crippen molar-refractivity contribution in [2.45, 2.75) is 37.4 Å². The number of nitrogens with two attached hydrogens (primary N) is 1. The second-order valence-corrected chi connectivity index (χ2v) is 11.5. The summed E-state index contributed by atoms with van der Waals surface area (Å²) >= 11 is 0. The van der Waals surface area contributed by atoms with Crippen molar-refractivity contribution in [1.82, 2.24) is 15.1 Å². The van der Waals surface area contributed by atoms with Gasteiger partial charge in [0.05, 0.1) is 19.0 Å². The van der Waals surface area contributed by atoms with Crippen molar-refractivity contribution in [1.29, 1.82) is 0 Å². The molecule has 2 saturated heterocycles. The second-order valence-electron chi connectivity index (χ2n) is 11.5. The van der Waals surface area contributed by atoms with Gasteiger partial charge in [-0.2, -0.15) is 0 Å². The van der Waals surface area contributed by atoms with Crippen molar-refractivity contribution >= 4 is 34.9 Å². The molecule has 6 N–H and O–H groups in total. The van der Waals surface area contributed by atoms with Crippen LogP contribution in [0.25, 0.3) is 0 Å². The Morgan fingerprint density at radius 3 is 2.33 bits per heavy atom. The van der Waals surface area contributed by atoms with Gasteiger partial charge in [-0.1, -0.05) is 0 Å². The summed E-state index contributed by atoms with van der Waals surface area (Å²) in [5.74, 6) is 0.925. The first-order chi connectivity index (χ1) is 20.4. The fraction of sp³-hybridized carbons (Fsp3) is 0.419. The maximum absolute atomic E-state index is 10.4. The molecule has 2 fully saturated rings. The zero-order valence-corrected chi connectivity index (χ0v) is 24.4. The summed E-state index contributed by atoms with van der Waals surface area (Å²) in [4.78, 5) is 18.0. The number of rotatable bonds is 8. The summed E-state index contributed by atoms with van der Waals surface area (Å²) < 4.78 is 0. The van der Waals surface area contributed by atoms with Gasteiger partial charge in [-0.05, 0) is 61.4 Å². The lowest BCUT2D eigenvalue weighted by atomic mass is 10.1. The Hall–Kier alpha value is -4.54. The van der Waals surface area contributed by atoms with Crippen molar-refractivity contribution in [3.05, 3.63) is 72.5 Å². The Labute approximate surface area is 248 Å². The van der Waals surface area contributed by atoms with Gasteiger partial charge in [0.1, 0.15) is 11.6 Å². The molecule has 222 valence electrons. The normalized spacial score (nSPS) is 24.2. The predicted molar refractivity (Wildman–Crippen MR) is 172 cm³/mol. The van der Waals surface area contributed by atoms with E-state index in [1.807, 2.05) is 0 Å². The first-order valence-electron chi connectivity index (χ1n) is 14.8. The van der Waals surface area contributed by atoms with Crippen LogP contribution in [0.3, 0.4) is 0 Å². The number of anilines is 4. The number of aliphatic hydroxyl groups excluding tert-OH is 1. The highest BCUT2D eigenvalue weighted by atomic mass is 16.3. The highest BCUT2D eigenvalue weighted by Gasteiger charge is 2.29. The van der Waals surface area contributed by atoms with E-state index in [9.17, 15) is 5.11 Å². The number of aliphatic hydroxyl groups is 1. The smallest absolute Gasteiger partial charge is 0.163 e. The standard InChI is InChI=1S/C31H42N10O/c1-33-20-34-24-11-13-39(18-24)25-9-5-23(6-10-25)36-31-28(17-29(42)30(32)37-31)35-22-3-7-26(8-4-22)40-14-12-27(19-40)41-16-15-38(2)21-41/h3-10,15-16,20,24,27-28,35,42H,11-14,17-19,21,32H2,1-2H3,(H,33,34)(H,36,37). The van der Waals surface area contributed by atoms with E-state index in [1.54, 1.807) is 13.4 Å². The molecule has 4 heterocycles. The van der Waals surface area contributed by atoms with Gasteiger partial charge in [0.25, 0.3) is 0 Å². The van der Waals surface area contributed by atoms with Gasteiger partial charge >= 0.3 is 0 Å². The fourth-order valence-electron chi connectivity index (χ4n) is 6.12.